The largest absolute Gasteiger partial charge is 0.461 e. The van der Waals surface area contributed by atoms with Crippen LogP contribution in [0.15, 0.2) is 103 Å². The SMILES string of the molecule is O=C(NC(COCc1ccccc1)C(O)C(F)(F)F)NC(Cc1ccccc1)(c1ccc(F)cc1)c1cc(F)cc(OC(F)(F)C(F)F)c1. The molecule has 15 heteroatoms. The predicted octanol–water partition coefficient (Wildman–Crippen LogP) is 7.50. The van der Waals surface area contributed by atoms with Gasteiger partial charge in [0.15, 0.2) is 6.10 Å². The molecule has 0 spiro atoms. The van der Waals surface area contributed by atoms with Gasteiger partial charge in [0.25, 0.3) is 0 Å². The van der Waals surface area contributed by atoms with Gasteiger partial charge in [-0.1, -0.05) is 72.8 Å². The van der Waals surface area contributed by atoms with Crippen LogP contribution in [0.4, 0.5) is 44.3 Å². The summed E-state index contributed by atoms with van der Waals surface area (Å²) in [5, 5.41) is 14.6. The monoisotopic (exact) mass is 700 g/mol. The number of carbonyl (C=O) groups excluding carboxylic acids is 1. The third-order valence-corrected chi connectivity index (χ3v) is 7.29. The second-order valence-electron chi connectivity index (χ2n) is 10.9. The Labute approximate surface area is 274 Å². The van der Waals surface area contributed by atoms with E-state index in [1.807, 2.05) is 5.32 Å². The van der Waals surface area contributed by atoms with Gasteiger partial charge in [-0.2, -0.15) is 30.7 Å². The second-order valence-corrected chi connectivity index (χ2v) is 10.9. The molecular weight excluding hydrogens is 671 g/mol. The molecule has 4 aromatic rings. The van der Waals surface area contributed by atoms with Crippen LogP contribution in [0.3, 0.4) is 0 Å². The molecule has 0 aliphatic carbocycles. The van der Waals surface area contributed by atoms with Gasteiger partial charge >= 0.3 is 24.7 Å². The minimum Gasteiger partial charge on any atom is -0.428 e. The van der Waals surface area contributed by atoms with Crippen molar-refractivity contribution in [1.82, 2.24) is 10.6 Å². The molecule has 3 unspecified atom stereocenters. The van der Waals surface area contributed by atoms with E-state index in [-0.39, 0.29) is 18.6 Å². The van der Waals surface area contributed by atoms with Gasteiger partial charge in [0, 0.05) is 12.5 Å². The number of rotatable bonds is 14. The summed E-state index contributed by atoms with van der Waals surface area (Å²) in [7, 11) is 0. The van der Waals surface area contributed by atoms with Crippen molar-refractivity contribution in [3.63, 3.8) is 0 Å². The standard InChI is InChI=1S/C34H29F9N2O4/c35-25-13-11-23(12-14-25)32(18-21-7-3-1-4-8-21,24-15-26(36)17-27(16-24)49-34(42,43)30(37)38)45-31(47)44-28(29(46)33(39,40)41)20-48-19-22-9-5-2-6-10-22/h1-17,28-30,46H,18-20H2,(H2,44,45,47). The Balaban J connectivity index is 1.79. The van der Waals surface area contributed by atoms with Gasteiger partial charge in [-0.3, -0.25) is 0 Å². The molecule has 0 saturated carbocycles. The number of hydrogen-bond acceptors (Lipinski definition) is 4. The highest BCUT2D eigenvalue weighted by atomic mass is 19.4. The highest BCUT2D eigenvalue weighted by molar-refractivity contribution is 5.76. The molecule has 0 saturated heterocycles. The number of halogens is 9. The van der Waals surface area contributed by atoms with Gasteiger partial charge in [0.05, 0.1) is 24.8 Å². The number of alkyl halides is 7. The lowest BCUT2D eigenvalue weighted by Gasteiger charge is -2.37. The van der Waals surface area contributed by atoms with Crippen LogP contribution in [-0.2, 0) is 23.3 Å². The molecule has 3 N–H and O–H groups in total. The maximum Gasteiger partial charge on any atom is 0.461 e. The molecule has 0 heterocycles. The Kier molecular flexibility index (Phi) is 11.8. The number of hydrogen-bond donors (Lipinski definition) is 3. The number of amides is 2. The highest BCUT2D eigenvalue weighted by Gasteiger charge is 2.46. The summed E-state index contributed by atoms with van der Waals surface area (Å²) in [5.41, 5.74) is -1.57. The van der Waals surface area contributed by atoms with Crippen LogP contribution < -0.4 is 15.4 Å². The lowest BCUT2D eigenvalue weighted by molar-refractivity contribution is -0.253. The normalized spacial score (nSPS) is 14.5. The number of nitrogens with one attached hydrogen (secondary N) is 2. The number of aliphatic hydroxyl groups excluding tert-OH is 1. The average molecular weight is 701 g/mol. The van der Waals surface area contributed by atoms with Gasteiger partial charge in [-0.05, 0) is 46.5 Å². The molecule has 0 aliphatic heterocycles. The van der Waals surface area contributed by atoms with Crippen molar-refractivity contribution in [1.29, 1.82) is 0 Å². The van der Waals surface area contributed by atoms with Crippen molar-refractivity contribution in [2.24, 2.45) is 0 Å². The summed E-state index contributed by atoms with van der Waals surface area (Å²) in [6.45, 7) is -1.03. The maximum absolute atomic E-state index is 15.0. The Morgan fingerprint density at radius 1 is 0.755 bits per heavy atom. The van der Waals surface area contributed by atoms with E-state index in [1.165, 1.54) is 0 Å². The molecular formula is C34H29F9N2O4. The first-order chi connectivity index (χ1) is 23.1. The van der Waals surface area contributed by atoms with Crippen LogP contribution in [0.25, 0.3) is 0 Å². The van der Waals surface area contributed by atoms with Crippen LogP contribution in [0.5, 0.6) is 5.75 Å². The molecule has 0 bridgehead atoms. The first-order valence-electron chi connectivity index (χ1n) is 14.5. The molecule has 2 amide bonds. The van der Waals surface area contributed by atoms with Crippen molar-refractivity contribution < 1.29 is 58.9 Å². The number of aliphatic hydroxyl groups is 1. The zero-order chi connectivity index (χ0) is 35.8. The predicted molar refractivity (Wildman–Crippen MR) is 159 cm³/mol. The molecule has 4 aromatic carbocycles. The van der Waals surface area contributed by atoms with Crippen molar-refractivity contribution >= 4 is 6.03 Å². The molecule has 6 nitrogen and oxygen atoms in total. The Hall–Kier alpha value is -4.76. The highest BCUT2D eigenvalue weighted by Crippen LogP contribution is 2.38. The minimum absolute atomic E-state index is 0.0293. The summed E-state index contributed by atoms with van der Waals surface area (Å²) in [6, 6.07) is 18.7. The minimum atomic E-state index is -5.23. The third-order valence-electron chi connectivity index (χ3n) is 7.29. The second kappa shape index (κ2) is 15.6. The van der Waals surface area contributed by atoms with Gasteiger partial charge < -0.3 is 25.2 Å². The van der Waals surface area contributed by atoms with E-state index < -0.39 is 72.0 Å². The molecule has 0 aromatic heterocycles. The van der Waals surface area contributed by atoms with Crippen molar-refractivity contribution in [3.05, 3.63) is 137 Å². The van der Waals surface area contributed by atoms with Gasteiger partial charge in [-0.25, -0.2) is 13.6 Å². The summed E-state index contributed by atoms with van der Waals surface area (Å²) in [6.07, 6.45) is -18.1. The van der Waals surface area contributed by atoms with Crippen molar-refractivity contribution in [2.75, 3.05) is 6.61 Å². The Morgan fingerprint density at radius 3 is 1.92 bits per heavy atom. The quantitative estimate of drug-likeness (QED) is 0.119. The lowest BCUT2D eigenvalue weighted by Crippen LogP contribution is -2.58. The van der Waals surface area contributed by atoms with E-state index in [2.05, 4.69) is 10.1 Å². The van der Waals surface area contributed by atoms with Crippen molar-refractivity contribution in [3.8, 4) is 5.75 Å². The lowest BCUT2D eigenvalue weighted by atomic mass is 9.77. The Morgan fingerprint density at radius 2 is 1.35 bits per heavy atom. The zero-order valence-electron chi connectivity index (χ0n) is 25.2. The average Bonchev–Trinajstić information content (AvgIpc) is 3.04. The fourth-order valence-electron chi connectivity index (χ4n) is 4.98. The van der Waals surface area contributed by atoms with E-state index in [0.29, 0.717) is 17.2 Å². The molecule has 49 heavy (non-hydrogen) atoms. The van der Waals surface area contributed by atoms with E-state index in [0.717, 1.165) is 36.4 Å². The fraction of sp³-hybridized carbons (Fsp3) is 0.265. The van der Waals surface area contributed by atoms with Crippen molar-refractivity contribution in [2.45, 2.75) is 49.4 Å². The summed E-state index contributed by atoms with van der Waals surface area (Å²) in [5.74, 6) is -3.12. The molecule has 4 rings (SSSR count). The molecule has 0 radical (unpaired) electrons. The van der Waals surface area contributed by atoms with Gasteiger partial charge in [-0.15, -0.1) is 0 Å². The Bertz CT molecular complexity index is 1660. The number of benzene rings is 4. The van der Waals surface area contributed by atoms with E-state index in [1.54, 1.807) is 60.7 Å². The third kappa shape index (κ3) is 9.89. The zero-order valence-corrected chi connectivity index (χ0v) is 25.2. The topological polar surface area (TPSA) is 79.8 Å². The summed E-state index contributed by atoms with van der Waals surface area (Å²) >= 11 is 0. The summed E-state index contributed by atoms with van der Waals surface area (Å²) < 4.78 is 133. The molecule has 3 atom stereocenters. The molecule has 0 aliphatic rings. The van der Waals surface area contributed by atoms with Gasteiger partial charge in [0.2, 0.25) is 0 Å². The molecule has 0 fully saturated rings. The van der Waals surface area contributed by atoms with Crippen LogP contribution in [0, 0.1) is 11.6 Å². The molecule has 262 valence electrons. The fourth-order valence-corrected chi connectivity index (χ4v) is 4.98. The van der Waals surface area contributed by atoms with E-state index >= 15 is 4.39 Å². The van der Waals surface area contributed by atoms with Crippen LogP contribution in [-0.4, -0.2) is 48.6 Å². The van der Waals surface area contributed by atoms with Crippen LogP contribution >= 0.6 is 0 Å². The smallest absolute Gasteiger partial charge is 0.428 e. The van der Waals surface area contributed by atoms with Crippen LogP contribution in [0.2, 0.25) is 0 Å². The first kappa shape index (κ1) is 37.1. The maximum atomic E-state index is 15.0. The number of carbonyl (C=O) groups is 1. The van der Waals surface area contributed by atoms with E-state index in [9.17, 15) is 45.0 Å². The first-order valence-corrected chi connectivity index (χ1v) is 14.5. The number of urea groups is 1. The number of ether oxygens (including phenoxy) is 2. The van der Waals surface area contributed by atoms with Crippen LogP contribution in [0.1, 0.15) is 22.3 Å². The van der Waals surface area contributed by atoms with Gasteiger partial charge in [0.1, 0.15) is 17.4 Å². The summed E-state index contributed by atoms with van der Waals surface area (Å²) in [4.78, 5) is 13.7. The van der Waals surface area contributed by atoms with E-state index in [4.69, 9.17) is 4.74 Å².